The van der Waals surface area contributed by atoms with E-state index in [1.54, 1.807) is 0 Å². The van der Waals surface area contributed by atoms with E-state index < -0.39 is 0 Å². The van der Waals surface area contributed by atoms with Crippen LogP contribution in [0.5, 0.6) is 0 Å². The van der Waals surface area contributed by atoms with Gasteiger partial charge in [-0.1, -0.05) is 159 Å². The van der Waals surface area contributed by atoms with Gasteiger partial charge in [0.2, 0.25) is 0 Å². The summed E-state index contributed by atoms with van der Waals surface area (Å²) in [6, 6.07) is 20.4. The molecule has 0 saturated heterocycles. The summed E-state index contributed by atoms with van der Waals surface area (Å²) in [7, 11) is 0. The Morgan fingerprint density at radius 1 is 0.500 bits per heavy atom. The van der Waals surface area contributed by atoms with Crippen LogP contribution in [0.25, 0.3) is 21.5 Å². The van der Waals surface area contributed by atoms with E-state index in [4.69, 9.17) is 0 Å². The SMILES string of the molecule is CCCCCCCCCCCCCCCCCCC(C)c1cccc2cc3ccccc3cc12. The molecule has 3 rings (SSSR count). The Labute approximate surface area is 210 Å². The van der Waals surface area contributed by atoms with Crippen molar-refractivity contribution in [3.05, 3.63) is 60.2 Å². The lowest BCUT2D eigenvalue weighted by Gasteiger charge is -2.15. The molecule has 0 aliphatic carbocycles. The molecule has 0 aromatic heterocycles. The van der Waals surface area contributed by atoms with E-state index in [2.05, 4.69) is 68.4 Å². The molecule has 0 nitrogen and oxygen atoms in total. The second-order valence-electron chi connectivity index (χ2n) is 10.8. The van der Waals surface area contributed by atoms with E-state index in [0.29, 0.717) is 5.92 Å². The fourth-order valence-corrected chi connectivity index (χ4v) is 5.57. The van der Waals surface area contributed by atoms with Gasteiger partial charge in [-0.05, 0) is 51.6 Å². The number of hydrogen-bond acceptors (Lipinski definition) is 0. The predicted molar refractivity (Wildman–Crippen MR) is 154 cm³/mol. The first-order valence-corrected chi connectivity index (χ1v) is 14.7. The summed E-state index contributed by atoms with van der Waals surface area (Å²) in [5.74, 6) is 0.636. The van der Waals surface area contributed by atoms with Gasteiger partial charge in [0.25, 0.3) is 0 Å². The Hall–Kier alpha value is -1.82. The molecule has 0 heterocycles. The highest BCUT2D eigenvalue weighted by Gasteiger charge is 2.10. The standard InChI is InChI=1S/C34H50/c1-3-4-5-6-7-8-9-10-11-12-13-14-15-16-17-18-22-29(2)33-26-21-25-32-27-30-23-19-20-24-31(30)28-34(32)33/h19-21,23-29H,3-18,22H2,1-2H3. The molecule has 34 heavy (non-hydrogen) atoms. The maximum absolute atomic E-state index is 2.43. The van der Waals surface area contributed by atoms with Crippen molar-refractivity contribution in [1.29, 1.82) is 0 Å². The van der Waals surface area contributed by atoms with Gasteiger partial charge in [-0.3, -0.25) is 0 Å². The van der Waals surface area contributed by atoms with Crippen LogP contribution < -0.4 is 0 Å². The number of benzene rings is 3. The molecule has 0 aliphatic heterocycles. The van der Waals surface area contributed by atoms with E-state index in [1.165, 1.54) is 136 Å². The maximum atomic E-state index is 2.43. The molecule has 186 valence electrons. The molecule has 0 N–H and O–H groups in total. The zero-order chi connectivity index (χ0) is 23.8. The highest BCUT2D eigenvalue weighted by molar-refractivity contribution is 5.99. The molecule has 0 saturated carbocycles. The van der Waals surface area contributed by atoms with Gasteiger partial charge >= 0.3 is 0 Å². The van der Waals surface area contributed by atoms with Crippen molar-refractivity contribution in [2.45, 2.75) is 129 Å². The molecule has 3 aromatic carbocycles. The molecular weight excluding hydrogens is 408 g/mol. The molecule has 0 spiro atoms. The number of unbranched alkanes of at least 4 members (excludes halogenated alkanes) is 15. The maximum Gasteiger partial charge on any atom is -0.0143 e. The van der Waals surface area contributed by atoms with Crippen molar-refractivity contribution >= 4 is 21.5 Å². The van der Waals surface area contributed by atoms with Gasteiger partial charge in [0.1, 0.15) is 0 Å². The quantitative estimate of drug-likeness (QED) is 0.131. The lowest BCUT2D eigenvalue weighted by atomic mass is 9.89. The first-order valence-electron chi connectivity index (χ1n) is 14.7. The smallest absolute Gasteiger partial charge is 0.0143 e. The molecule has 1 unspecified atom stereocenters. The fourth-order valence-electron chi connectivity index (χ4n) is 5.57. The second-order valence-corrected chi connectivity index (χ2v) is 10.8. The van der Waals surface area contributed by atoms with Gasteiger partial charge in [0, 0.05) is 0 Å². The van der Waals surface area contributed by atoms with Gasteiger partial charge in [0.05, 0.1) is 0 Å². The van der Waals surface area contributed by atoms with Crippen LogP contribution in [-0.2, 0) is 0 Å². The minimum atomic E-state index is 0.636. The van der Waals surface area contributed by atoms with E-state index in [-0.39, 0.29) is 0 Å². The summed E-state index contributed by atoms with van der Waals surface area (Å²) in [6.07, 6.45) is 24.3. The molecular formula is C34H50. The Morgan fingerprint density at radius 2 is 0.971 bits per heavy atom. The molecule has 0 radical (unpaired) electrons. The van der Waals surface area contributed by atoms with E-state index in [1.807, 2.05) is 0 Å². The summed E-state index contributed by atoms with van der Waals surface area (Å²) < 4.78 is 0. The van der Waals surface area contributed by atoms with Crippen molar-refractivity contribution in [3.63, 3.8) is 0 Å². The van der Waals surface area contributed by atoms with Crippen molar-refractivity contribution < 1.29 is 0 Å². The number of hydrogen-bond donors (Lipinski definition) is 0. The van der Waals surface area contributed by atoms with Crippen molar-refractivity contribution in [2.75, 3.05) is 0 Å². The molecule has 0 heteroatoms. The largest absolute Gasteiger partial charge is 0.0654 e. The van der Waals surface area contributed by atoms with Crippen LogP contribution in [0.1, 0.15) is 134 Å². The van der Waals surface area contributed by atoms with Crippen molar-refractivity contribution in [2.24, 2.45) is 0 Å². The van der Waals surface area contributed by atoms with Crippen LogP contribution in [0.3, 0.4) is 0 Å². The summed E-state index contributed by atoms with van der Waals surface area (Å²) in [5, 5.41) is 5.54. The van der Waals surface area contributed by atoms with Gasteiger partial charge in [-0.25, -0.2) is 0 Å². The highest BCUT2D eigenvalue weighted by atomic mass is 14.1. The van der Waals surface area contributed by atoms with Crippen LogP contribution in [0.4, 0.5) is 0 Å². The highest BCUT2D eigenvalue weighted by Crippen LogP contribution is 2.32. The third kappa shape index (κ3) is 9.09. The van der Waals surface area contributed by atoms with E-state index in [0.717, 1.165) is 0 Å². The number of rotatable bonds is 18. The van der Waals surface area contributed by atoms with Gasteiger partial charge < -0.3 is 0 Å². The minimum absolute atomic E-state index is 0.636. The summed E-state index contributed by atoms with van der Waals surface area (Å²) in [6.45, 7) is 4.73. The van der Waals surface area contributed by atoms with Crippen LogP contribution in [-0.4, -0.2) is 0 Å². The van der Waals surface area contributed by atoms with Crippen LogP contribution in [0.15, 0.2) is 54.6 Å². The Morgan fingerprint density at radius 3 is 1.53 bits per heavy atom. The molecule has 1 atom stereocenters. The van der Waals surface area contributed by atoms with Crippen LogP contribution >= 0.6 is 0 Å². The van der Waals surface area contributed by atoms with Crippen LogP contribution in [0.2, 0.25) is 0 Å². The van der Waals surface area contributed by atoms with Gasteiger partial charge in [-0.15, -0.1) is 0 Å². The molecule has 0 fully saturated rings. The van der Waals surface area contributed by atoms with Crippen molar-refractivity contribution in [1.82, 2.24) is 0 Å². The number of fused-ring (bicyclic) bond motifs is 2. The second kappa shape index (κ2) is 16.0. The normalized spacial score (nSPS) is 12.5. The average molecular weight is 459 g/mol. The Kier molecular flexibility index (Phi) is 12.6. The fraction of sp³-hybridized carbons (Fsp3) is 0.588. The van der Waals surface area contributed by atoms with E-state index in [9.17, 15) is 0 Å². The third-order valence-electron chi connectivity index (χ3n) is 7.80. The Balaban J connectivity index is 1.24. The minimum Gasteiger partial charge on any atom is -0.0654 e. The van der Waals surface area contributed by atoms with Gasteiger partial charge in [-0.2, -0.15) is 0 Å². The zero-order valence-electron chi connectivity index (χ0n) is 22.3. The lowest BCUT2D eigenvalue weighted by molar-refractivity contribution is 0.521. The van der Waals surface area contributed by atoms with Gasteiger partial charge in [0.15, 0.2) is 0 Å². The third-order valence-corrected chi connectivity index (χ3v) is 7.80. The monoisotopic (exact) mass is 458 g/mol. The summed E-state index contributed by atoms with van der Waals surface area (Å²) in [4.78, 5) is 0. The molecule has 0 bridgehead atoms. The van der Waals surface area contributed by atoms with Crippen LogP contribution in [0, 0.1) is 0 Å². The topological polar surface area (TPSA) is 0 Å². The van der Waals surface area contributed by atoms with E-state index >= 15 is 0 Å². The first-order chi connectivity index (χ1) is 16.8. The summed E-state index contributed by atoms with van der Waals surface area (Å²) in [5.41, 5.74) is 1.53. The predicted octanol–water partition coefficient (Wildman–Crippen LogP) is 11.7. The zero-order valence-corrected chi connectivity index (χ0v) is 22.3. The molecule has 3 aromatic rings. The summed E-state index contributed by atoms with van der Waals surface area (Å²) >= 11 is 0. The average Bonchev–Trinajstić information content (AvgIpc) is 2.86. The molecule has 0 amide bonds. The lowest BCUT2D eigenvalue weighted by Crippen LogP contribution is -1.95. The molecule has 0 aliphatic rings. The first kappa shape index (κ1) is 26.8. The Bertz CT molecular complexity index is 937. The van der Waals surface area contributed by atoms with Crippen molar-refractivity contribution in [3.8, 4) is 0 Å².